The van der Waals surface area contributed by atoms with Crippen LogP contribution in [0.5, 0.6) is 0 Å². The molecule has 2 N–H and O–H groups in total. The van der Waals surface area contributed by atoms with Gasteiger partial charge in [-0.2, -0.15) is 0 Å². The molecule has 0 aromatic heterocycles. The normalized spacial score (nSPS) is 12.4. The molecule has 2 aromatic carbocycles. The van der Waals surface area contributed by atoms with E-state index in [9.17, 15) is 0 Å². The molecule has 0 aliphatic heterocycles. The monoisotopic (exact) mass is 335 g/mol. The maximum absolute atomic E-state index is 6.21. The van der Waals surface area contributed by atoms with E-state index >= 15 is 0 Å². The van der Waals surface area contributed by atoms with E-state index in [2.05, 4.69) is 65.3 Å². The van der Waals surface area contributed by atoms with Gasteiger partial charge in [0.2, 0.25) is 0 Å². The largest absolute Gasteiger partial charge is 0.327 e. The summed E-state index contributed by atoms with van der Waals surface area (Å²) in [7, 11) is 0. The highest BCUT2D eigenvalue weighted by molar-refractivity contribution is 9.10. The number of rotatable bonds is 5. The fourth-order valence-corrected chi connectivity index (χ4v) is 3.35. The van der Waals surface area contributed by atoms with Gasteiger partial charge in [-0.3, -0.25) is 0 Å². The van der Waals surface area contributed by atoms with E-state index in [0.29, 0.717) is 0 Å². The van der Waals surface area contributed by atoms with E-state index in [1.165, 1.54) is 16.0 Å². The molecule has 19 heavy (non-hydrogen) atoms. The van der Waals surface area contributed by atoms with Crippen molar-refractivity contribution >= 4 is 27.7 Å². The molecule has 0 saturated carbocycles. The zero-order chi connectivity index (χ0) is 13.7. The van der Waals surface area contributed by atoms with Crippen molar-refractivity contribution in [1.82, 2.24) is 0 Å². The average Bonchev–Trinajstić information content (AvgIpc) is 2.36. The SMILES string of the molecule is Cc1cccc(SCC(N)Cc2cccc(Br)c2)c1. The zero-order valence-corrected chi connectivity index (χ0v) is 13.4. The molecule has 0 bridgehead atoms. The number of halogens is 1. The van der Waals surface area contributed by atoms with Gasteiger partial charge in [0, 0.05) is 21.2 Å². The van der Waals surface area contributed by atoms with Crippen LogP contribution in [0, 0.1) is 6.92 Å². The van der Waals surface area contributed by atoms with Gasteiger partial charge in [0.15, 0.2) is 0 Å². The Kier molecular flexibility index (Phi) is 5.49. The Morgan fingerprint density at radius 3 is 2.68 bits per heavy atom. The van der Waals surface area contributed by atoms with Crippen LogP contribution in [0.15, 0.2) is 57.9 Å². The first kappa shape index (κ1) is 14.6. The molecule has 2 aromatic rings. The highest BCUT2D eigenvalue weighted by Gasteiger charge is 2.05. The van der Waals surface area contributed by atoms with Crippen molar-refractivity contribution in [2.75, 3.05) is 5.75 Å². The Balaban J connectivity index is 1.86. The van der Waals surface area contributed by atoms with Gasteiger partial charge in [0.05, 0.1) is 0 Å². The summed E-state index contributed by atoms with van der Waals surface area (Å²) in [6, 6.07) is 17.1. The summed E-state index contributed by atoms with van der Waals surface area (Å²) in [5.41, 5.74) is 8.79. The van der Waals surface area contributed by atoms with E-state index in [0.717, 1.165) is 16.6 Å². The Bertz CT molecular complexity index is 542. The molecule has 1 nitrogen and oxygen atoms in total. The first-order valence-corrected chi connectivity index (χ1v) is 8.11. The summed E-state index contributed by atoms with van der Waals surface area (Å²) in [5, 5.41) is 0. The van der Waals surface area contributed by atoms with Gasteiger partial charge in [-0.25, -0.2) is 0 Å². The topological polar surface area (TPSA) is 26.0 Å². The van der Waals surface area contributed by atoms with Crippen molar-refractivity contribution in [2.45, 2.75) is 24.3 Å². The second-order valence-electron chi connectivity index (χ2n) is 4.72. The van der Waals surface area contributed by atoms with Crippen molar-refractivity contribution in [3.63, 3.8) is 0 Å². The number of hydrogen-bond acceptors (Lipinski definition) is 2. The van der Waals surface area contributed by atoms with Gasteiger partial charge >= 0.3 is 0 Å². The summed E-state index contributed by atoms with van der Waals surface area (Å²) in [6.07, 6.45) is 0.915. The second kappa shape index (κ2) is 7.13. The summed E-state index contributed by atoms with van der Waals surface area (Å²) in [6.45, 7) is 2.12. The maximum atomic E-state index is 6.21. The van der Waals surface area contributed by atoms with Crippen LogP contribution in [0.4, 0.5) is 0 Å². The first-order chi connectivity index (χ1) is 9.13. The average molecular weight is 336 g/mol. The number of nitrogens with two attached hydrogens (primary N) is 1. The Labute approximate surface area is 127 Å². The zero-order valence-electron chi connectivity index (χ0n) is 11.0. The molecule has 100 valence electrons. The smallest absolute Gasteiger partial charge is 0.0178 e. The summed E-state index contributed by atoms with van der Waals surface area (Å²) in [5.74, 6) is 0.940. The molecule has 0 heterocycles. The van der Waals surface area contributed by atoms with Crippen molar-refractivity contribution in [3.8, 4) is 0 Å². The van der Waals surface area contributed by atoms with E-state index < -0.39 is 0 Å². The number of aryl methyl sites for hydroxylation is 1. The van der Waals surface area contributed by atoms with Crippen molar-refractivity contribution in [1.29, 1.82) is 0 Å². The molecule has 0 fully saturated rings. The number of hydrogen-bond donors (Lipinski definition) is 1. The van der Waals surface area contributed by atoms with Crippen LogP contribution >= 0.6 is 27.7 Å². The first-order valence-electron chi connectivity index (χ1n) is 6.33. The highest BCUT2D eigenvalue weighted by atomic mass is 79.9. The van der Waals surface area contributed by atoms with Gasteiger partial charge in [-0.05, 0) is 43.2 Å². The van der Waals surface area contributed by atoms with Crippen LogP contribution in [-0.4, -0.2) is 11.8 Å². The molecular formula is C16H18BrNS. The molecule has 0 aliphatic carbocycles. The van der Waals surface area contributed by atoms with Crippen molar-refractivity contribution in [2.24, 2.45) is 5.73 Å². The molecule has 3 heteroatoms. The molecule has 0 radical (unpaired) electrons. The van der Waals surface area contributed by atoms with Crippen LogP contribution in [0.3, 0.4) is 0 Å². The fourth-order valence-electron chi connectivity index (χ4n) is 1.93. The lowest BCUT2D eigenvalue weighted by Gasteiger charge is -2.12. The van der Waals surface area contributed by atoms with Gasteiger partial charge in [-0.1, -0.05) is 45.8 Å². The van der Waals surface area contributed by atoms with Crippen LogP contribution in [0.25, 0.3) is 0 Å². The highest BCUT2D eigenvalue weighted by Crippen LogP contribution is 2.20. The quantitative estimate of drug-likeness (QED) is 0.818. The molecule has 0 saturated heterocycles. The van der Waals surface area contributed by atoms with E-state index in [4.69, 9.17) is 5.73 Å². The van der Waals surface area contributed by atoms with Crippen molar-refractivity contribution in [3.05, 3.63) is 64.1 Å². The lowest BCUT2D eigenvalue weighted by atomic mass is 10.1. The predicted molar refractivity (Wildman–Crippen MR) is 87.7 cm³/mol. The second-order valence-corrected chi connectivity index (χ2v) is 6.73. The third-order valence-electron chi connectivity index (χ3n) is 2.84. The summed E-state index contributed by atoms with van der Waals surface area (Å²) in [4.78, 5) is 1.30. The Morgan fingerprint density at radius 2 is 1.95 bits per heavy atom. The molecule has 1 atom stereocenters. The third kappa shape index (κ3) is 5.01. The summed E-state index contributed by atoms with van der Waals surface area (Å²) < 4.78 is 1.11. The van der Waals surface area contributed by atoms with Crippen LogP contribution < -0.4 is 5.73 Å². The Morgan fingerprint density at radius 1 is 1.16 bits per heavy atom. The van der Waals surface area contributed by atoms with Gasteiger partial charge < -0.3 is 5.73 Å². The Hall–Kier alpha value is -0.770. The maximum Gasteiger partial charge on any atom is 0.0178 e. The third-order valence-corrected chi connectivity index (χ3v) is 4.52. The van der Waals surface area contributed by atoms with E-state index in [-0.39, 0.29) is 6.04 Å². The lowest BCUT2D eigenvalue weighted by molar-refractivity contribution is 0.748. The van der Waals surface area contributed by atoms with Crippen LogP contribution in [-0.2, 0) is 6.42 Å². The minimum Gasteiger partial charge on any atom is -0.327 e. The predicted octanol–water partition coefficient (Wildman–Crippen LogP) is 4.42. The van der Waals surface area contributed by atoms with Crippen LogP contribution in [0.1, 0.15) is 11.1 Å². The van der Waals surface area contributed by atoms with E-state index in [1.807, 2.05) is 17.8 Å². The standard InChI is InChI=1S/C16H18BrNS/c1-12-4-2-7-16(8-12)19-11-15(18)10-13-5-3-6-14(17)9-13/h2-9,15H,10-11,18H2,1H3. The van der Waals surface area contributed by atoms with Gasteiger partial charge in [-0.15, -0.1) is 11.8 Å². The minimum atomic E-state index is 0.180. The molecule has 0 aliphatic rings. The molecule has 1 unspecified atom stereocenters. The van der Waals surface area contributed by atoms with Gasteiger partial charge in [0.1, 0.15) is 0 Å². The molecule has 0 spiro atoms. The molecule has 2 rings (SSSR count). The minimum absolute atomic E-state index is 0.180. The molecular weight excluding hydrogens is 318 g/mol. The van der Waals surface area contributed by atoms with Gasteiger partial charge in [0.25, 0.3) is 0 Å². The fraction of sp³-hybridized carbons (Fsp3) is 0.250. The van der Waals surface area contributed by atoms with Crippen LogP contribution in [0.2, 0.25) is 0 Å². The number of benzene rings is 2. The van der Waals surface area contributed by atoms with Crippen molar-refractivity contribution < 1.29 is 0 Å². The lowest BCUT2D eigenvalue weighted by Crippen LogP contribution is -2.25. The summed E-state index contributed by atoms with van der Waals surface area (Å²) >= 11 is 5.32. The number of thioether (sulfide) groups is 1. The molecule has 0 amide bonds. The van der Waals surface area contributed by atoms with E-state index in [1.54, 1.807) is 0 Å².